The molecule has 41 heavy (non-hydrogen) atoms. The average Bonchev–Trinajstić information content (AvgIpc) is 2.96. The zero-order valence-electron chi connectivity index (χ0n) is 23.5. The third-order valence-electron chi connectivity index (χ3n) is 7.35. The molecule has 1 aromatic rings. The maximum absolute atomic E-state index is 13.6. The minimum atomic E-state index is -1.40. The molecule has 226 valence electrons. The first-order valence-electron chi connectivity index (χ1n) is 14.0. The number of aliphatic hydroxyl groups excluding tert-OH is 2. The number of carbonyl (C=O) groups excluding carboxylic acids is 5. The molecule has 1 fully saturated rings. The van der Waals surface area contributed by atoms with Crippen molar-refractivity contribution in [3.8, 4) is 5.75 Å². The fraction of sp³-hybridized carbons (Fsp3) is 0.607. The van der Waals surface area contributed by atoms with Gasteiger partial charge in [-0.2, -0.15) is 0 Å². The van der Waals surface area contributed by atoms with Gasteiger partial charge < -0.3 is 41.5 Å². The molecule has 3 rings (SSSR count). The van der Waals surface area contributed by atoms with E-state index in [0.717, 1.165) is 6.42 Å². The summed E-state index contributed by atoms with van der Waals surface area (Å²) in [6.45, 7) is 2.62. The van der Waals surface area contributed by atoms with Crippen LogP contribution in [0.5, 0.6) is 5.75 Å². The lowest BCUT2D eigenvalue weighted by Gasteiger charge is -2.38. The van der Waals surface area contributed by atoms with Crippen molar-refractivity contribution in [2.75, 3.05) is 26.4 Å². The number of rotatable bonds is 5. The highest BCUT2D eigenvalue weighted by Gasteiger charge is 2.43. The van der Waals surface area contributed by atoms with E-state index in [-0.39, 0.29) is 30.4 Å². The Morgan fingerprint density at radius 3 is 2.39 bits per heavy atom. The van der Waals surface area contributed by atoms with E-state index in [9.17, 15) is 34.2 Å². The second-order valence-electron chi connectivity index (χ2n) is 10.8. The smallest absolute Gasteiger partial charge is 0.255 e. The lowest BCUT2D eigenvalue weighted by atomic mass is 9.80. The van der Waals surface area contributed by atoms with Gasteiger partial charge in [-0.1, -0.05) is 45.2 Å². The minimum Gasteiger partial charge on any atom is -0.491 e. The molecule has 7 N–H and O–H groups in total. The van der Waals surface area contributed by atoms with Gasteiger partial charge in [0.25, 0.3) is 5.91 Å². The number of fused-ring (bicyclic) bond motifs is 1. The van der Waals surface area contributed by atoms with Gasteiger partial charge >= 0.3 is 0 Å². The summed E-state index contributed by atoms with van der Waals surface area (Å²) in [5.74, 6) is -3.09. The van der Waals surface area contributed by atoms with E-state index in [0.29, 0.717) is 25.7 Å². The van der Waals surface area contributed by atoms with Gasteiger partial charge in [0.05, 0.1) is 37.8 Å². The third-order valence-corrected chi connectivity index (χ3v) is 7.35. The molecule has 0 radical (unpaired) electrons. The molecule has 0 bridgehead atoms. The van der Waals surface area contributed by atoms with E-state index in [1.165, 1.54) is 6.07 Å². The highest BCUT2D eigenvalue weighted by molar-refractivity contribution is 6.01. The molecule has 1 aliphatic carbocycles. The molecule has 1 aliphatic heterocycles. The molecule has 2 atom stereocenters. The van der Waals surface area contributed by atoms with Crippen LogP contribution in [0, 0.1) is 5.92 Å². The number of aliphatic hydroxyl groups is 2. The van der Waals surface area contributed by atoms with Crippen molar-refractivity contribution >= 4 is 29.5 Å². The van der Waals surface area contributed by atoms with Crippen LogP contribution in [0.4, 0.5) is 0 Å². The van der Waals surface area contributed by atoms with E-state index in [1.807, 2.05) is 0 Å². The number of carbonyl (C=O) groups is 5. The average molecular weight is 576 g/mol. The molecule has 5 amide bonds. The fourth-order valence-corrected chi connectivity index (χ4v) is 5.00. The molecule has 0 unspecified atom stereocenters. The van der Waals surface area contributed by atoms with Gasteiger partial charge in [-0.25, -0.2) is 0 Å². The topological polar surface area (TPSA) is 195 Å². The maximum Gasteiger partial charge on any atom is 0.255 e. The second kappa shape index (κ2) is 14.8. The van der Waals surface area contributed by atoms with Crippen LogP contribution in [0.2, 0.25) is 0 Å². The second-order valence-corrected chi connectivity index (χ2v) is 10.8. The van der Waals surface area contributed by atoms with Crippen LogP contribution in [0.25, 0.3) is 0 Å². The number of ether oxygens (including phenoxy) is 1. The van der Waals surface area contributed by atoms with Crippen LogP contribution in [0.1, 0.15) is 62.7 Å². The fourth-order valence-electron chi connectivity index (χ4n) is 5.00. The van der Waals surface area contributed by atoms with Crippen molar-refractivity contribution in [1.29, 1.82) is 0 Å². The molecule has 0 aromatic heterocycles. The molecule has 1 saturated carbocycles. The van der Waals surface area contributed by atoms with Crippen molar-refractivity contribution in [1.82, 2.24) is 26.6 Å². The van der Waals surface area contributed by atoms with E-state index in [2.05, 4.69) is 26.6 Å². The Bertz CT molecular complexity index is 1100. The maximum atomic E-state index is 13.6. The van der Waals surface area contributed by atoms with Crippen LogP contribution in [-0.4, -0.2) is 89.8 Å². The van der Waals surface area contributed by atoms with Crippen molar-refractivity contribution in [2.45, 2.75) is 76.0 Å². The van der Waals surface area contributed by atoms with Crippen molar-refractivity contribution in [3.05, 3.63) is 29.8 Å². The summed E-state index contributed by atoms with van der Waals surface area (Å²) in [4.78, 5) is 66.5. The zero-order valence-corrected chi connectivity index (χ0v) is 23.5. The summed E-state index contributed by atoms with van der Waals surface area (Å²) >= 11 is 0. The number of benzene rings is 1. The van der Waals surface area contributed by atoms with E-state index < -0.39 is 72.8 Å². The molecule has 1 heterocycles. The number of hydrogen-bond acceptors (Lipinski definition) is 8. The first-order valence-corrected chi connectivity index (χ1v) is 14.0. The molecular weight excluding hydrogens is 534 g/mol. The Balaban J connectivity index is 1.98. The quantitative estimate of drug-likeness (QED) is 0.235. The van der Waals surface area contributed by atoms with Gasteiger partial charge in [0, 0.05) is 0 Å². The van der Waals surface area contributed by atoms with Crippen LogP contribution in [0.15, 0.2) is 24.3 Å². The summed E-state index contributed by atoms with van der Waals surface area (Å²) in [7, 11) is 0. The summed E-state index contributed by atoms with van der Waals surface area (Å²) in [5, 5.41) is 32.2. The largest absolute Gasteiger partial charge is 0.491 e. The predicted molar refractivity (Wildman–Crippen MR) is 148 cm³/mol. The Morgan fingerprint density at radius 1 is 1.05 bits per heavy atom. The number of amides is 5. The summed E-state index contributed by atoms with van der Waals surface area (Å²) < 4.78 is 5.75. The SMILES string of the molecule is CC(C)[C@H]1NC(=O)C2(CCCCC2)NC(=O)C[C@@H](C(=O)NC(CO)CO)NC(=O)c2ccccc2OCCNC1=O. The van der Waals surface area contributed by atoms with Crippen molar-refractivity contribution in [2.24, 2.45) is 5.92 Å². The molecular formula is C28H41N5O8. The van der Waals surface area contributed by atoms with Gasteiger partial charge in [0.1, 0.15) is 30.0 Å². The van der Waals surface area contributed by atoms with Gasteiger partial charge in [-0.05, 0) is 30.9 Å². The van der Waals surface area contributed by atoms with Crippen LogP contribution < -0.4 is 31.3 Å². The Kier molecular flexibility index (Phi) is 11.5. The Morgan fingerprint density at radius 2 is 1.73 bits per heavy atom. The van der Waals surface area contributed by atoms with Crippen LogP contribution in [0.3, 0.4) is 0 Å². The highest BCUT2D eigenvalue weighted by Crippen LogP contribution is 2.29. The first-order chi connectivity index (χ1) is 19.6. The highest BCUT2D eigenvalue weighted by atomic mass is 16.5. The van der Waals surface area contributed by atoms with E-state index >= 15 is 0 Å². The summed E-state index contributed by atoms with van der Waals surface area (Å²) in [6, 6.07) is 3.05. The molecule has 2 aliphatic rings. The standard InChI is InChI=1S/C28H41N5O8/c1-17(2)23-26(39)29-12-13-41-21-9-5-4-8-19(21)24(37)31-20(25(38)30-18(15-34)16-35)14-22(36)33-28(27(40)32-23)10-6-3-7-11-28/h4-5,8-9,17-18,20,23,34-35H,3,6-7,10-16H2,1-2H3,(H,29,39)(H,30,38)(H,31,37)(H,32,40)(H,33,36)/t20-,23+/m0/s1. The molecule has 1 aromatic carbocycles. The lowest BCUT2D eigenvalue weighted by Crippen LogP contribution is -2.64. The summed E-state index contributed by atoms with van der Waals surface area (Å²) in [6.07, 6.45) is 2.40. The molecule has 13 heteroatoms. The van der Waals surface area contributed by atoms with Crippen LogP contribution >= 0.6 is 0 Å². The van der Waals surface area contributed by atoms with Gasteiger partial charge in [0.2, 0.25) is 23.6 Å². The molecule has 13 nitrogen and oxygen atoms in total. The monoisotopic (exact) mass is 575 g/mol. The first kappa shape index (κ1) is 31.8. The number of para-hydroxylation sites is 1. The minimum absolute atomic E-state index is 0.0252. The number of nitrogens with one attached hydrogen (secondary N) is 5. The number of hydrogen-bond donors (Lipinski definition) is 7. The Labute approximate surface area is 239 Å². The van der Waals surface area contributed by atoms with Crippen molar-refractivity contribution < 1.29 is 38.9 Å². The van der Waals surface area contributed by atoms with Gasteiger partial charge in [-0.15, -0.1) is 0 Å². The Hall–Kier alpha value is -3.71. The van der Waals surface area contributed by atoms with E-state index in [1.54, 1.807) is 32.0 Å². The van der Waals surface area contributed by atoms with Gasteiger partial charge in [-0.3, -0.25) is 24.0 Å². The predicted octanol–water partition coefficient (Wildman–Crippen LogP) is -0.887. The third kappa shape index (κ3) is 8.40. The summed E-state index contributed by atoms with van der Waals surface area (Å²) in [5.41, 5.74) is -1.20. The van der Waals surface area contributed by atoms with Gasteiger partial charge in [0.15, 0.2) is 0 Å². The van der Waals surface area contributed by atoms with E-state index in [4.69, 9.17) is 4.74 Å². The van der Waals surface area contributed by atoms with Crippen molar-refractivity contribution in [3.63, 3.8) is 0 Å². The molecule has 0 saturated heterocycles. The zero-order chi connectivity index (χ0) is 30.0. The molecule has 1 spiro atoms. The van der Waals surface area contributed by atoms with Crippen LogP contribution in [-0.2, 0) is 19.2 Å². The normalized spacial score (nSPS) is 22.5. The lowest BCUT2D eigenvalue weighted by molar-refractivity contribution is -0.138.